The maximum atomic E-state index is 14.7. The lowest BCUT2D eigenvalue weighted by atomic mass is 9.77. The molecule has 0 aliphatic rings. The summed E-state index contributed by atoms with van der Waals surface area (Å²) in [5, 5.41) is 30.9. The van der Waals surface area contributed by atoms with E-state index >= 15 is 0 Å². The number of amidine groups is 1. The van der Waals surface area contributed by atoms with Crippen molar-refractivity contribution in [3.05, 3.63) is 172 Å². The summed E-state index contributed by atoms with van der Waals surface area (Å²) in [4.78, 5) is 28.0. The summed E-state index contributed by atoms with van der Waals surface area (Å²) in [7, 11) is -4.31. The Hall–Kier alpha value is -6.62. The predicted molar refractivity (Wildman–Crippen MR) is 257 cm³/mol. The Morgan fingerprint density at radius 3 is 1.92 bits per heavy atom. The summed E-state index contributed by atoms with van der Waals surface area (Å²) >= 11 is 2.27. The van der Waals surface area contributed by atoms with Gasteiger partial charge >= 0.3 is 12.1 Å². The van der Waals surface area contributed by atoms with E-state index in [2.05, 4.69) is 62.7 Å². The van der Waals surface area contributed by atoms with Gasteiger partial charge in [-0.25, -0.2) is 18.0 Å². The van der Waals surface area contributed by atoms with Gasteiger partial charge in [0.05, 0.1) is 24.6 Å². The number of nitrogens with zero attached hydrogens (tertiary/aromatic N) is 4. The number of amides is 3. The third-order valence-corrected chi connectivity index (χ3v) is 14.8. The van der Waals surface area contributed by atoms with Gasteiger partial charge in [-0.15, -0.1) is 38.1 Å². The van der Waals surface area contributed by atoms with Crippen LogP contribution >= 0.6 is 23.1 Å². The fourth-order valence-electron chi connectivity index (χ4n) is 7.55. The molecule has 0 unspecified atom stereocenters. The first-order valence-electron chi connectivity index (χ1n) is 20.9. The molecule has 0 radical (unpaired) electrons. The highest BCUT2D eigenvalue weighted by molar-refractivity contribution is 8.01. The number of carbonyl (C=O) groups is 2. The van der Waals surface area contributed by atoms with Gasteiger partial charge in [0.2, 0.25) is 9.84 Å². The molecule has 0 saturated heterocycles. The molecule has 2 heterocycles. The number of thioether (sulfide) groups is 1. The van der Waals surface area contributed by atoms with Crippen molar-refractivity contribution in [1.82, 2.24) is 30.8 Å². The number of anilines is 1. The second kappa shape index (κ2) is 20.0. The monoisotopic (exact) mass is 926 g/mol. The van der Waals surface area contributed by atoms with Gasteiger partial charge in [-0.3, -0.25) is 10.7 Å². The molecule has 0 aliphatic heterocycles. The molecule has 5 aromatic carbocycles. The number of tetrazole rings is 1. The van der Waals surface area contributed by atoms with Crippen LogP contribution in [0.25, 0.3) is 11.1 Å². The average Bonchev–Trinajstić information content (AvgIpc) is 3.96. The lowest BCUT2D eigenvalue weighted by Gasteiger charge is -2.34. The molecule has 2 aromatic heterocycles. The van der Waals surface area contributed by atoms with Gasteiger partial charge < -0.3 is 15.4 Å². The van der Waals surface area contributed by atoms with Crippen LogP contribution in [0.2, 0.25) is 0 Å². The smallest absolute Gasteiger partial charge is 0.413 e. The third-order valence-electron chi connectivity index (χ3n) is 10.4. The summed E-state index contributed by atoms with van der Waals surface area (Å²) in [6.45, 7) is 7.26. The molecule has 0 atom stereocenters. The van der Waals surface area contributed by atoms with Crippen molar-refractivity contribution in [3.63, 3.8) is 0 Å². The number of carbonyl (C=O) groups excluding carboxylic acids is 2. The van der Waals surface area contributed by atoms with Crippen molar-refractivity contribution in [2.75, 3.05) is 18.1 Å². The number of ether oxygens (including phenoxy) is 1. The van der Waals surface area contributed by atoms with Gasteiger partial charge in [-0.05, 0) is 92.0 Å². The van der Waals surface area contributed by atoms with Crippen molar-refractivity contribution in [2.45, 2.75) is 72.1 Å². The van der Waals surface area contributed by atoms with Gasteiger partial charge in [0, 0.05) is 18.5 Å². The number of sulfone groups is 1. The number of benzene rings is 5. The topological polar surface area (TPSA) is 181 Å². The summed E-state index contributed by atoms with van der Waals surface area (Å²) < 4.78 is 35.1. The Labute approximate surface area is 387 Å². The molecule has 7 aromatic rings. The van der Waals surface area contributed by atoms with Crippen molar-refractivity contribution >= 4 is 56.6 Å². The molecular formula is C49H50N8O5S3. The van der Waals surface area contributed by atoms with Gasteiger partial charge in [-0.1, -0.05) is 127 Å². The molecule has 0 saturated carbocycles. The van der Waals surface area contributed by atoms with E-state index < -0.39 is 33.1 Å². The standard InChI is InChI=1S/C49H50N8O5S3/c1-33-29-30-39(65(60,61)40-32-38(64-45(40)63-5)44(50)53-47(59)62-48(2,3)4)43(42(33)34-20-10-6-11-21-34)52-46(58)51-31-19-18-28-41-54-56-57(55-41)49(35-22-12-7-13-23-35,36-24-14-8-15-25-36)37-26-16-9-17-27-37/h6-17,20-27,29-30,32H,18-19,28,31H2,1-5H3,(H2,50,53,59)(H2,51,52,58). The van der Waals surface area contributed by atoms with Gasteiger partial charge in [0.25, 0.3) is 0 Å². The molecule has 334 valence electrons. The van der Waals surface area contributed by atoms with E-state index in [1.807, 2.05) is 91.9 Å². The second-order valence-electron chi connectivity index (χ2n) is 16.1. The van der Waals surface area contributed by atoms with Crippen LogP contribution < -0.4 is 16.0 Å². The maximum absolute atomic E-state index is 14.7. The zero-order valence-corrected chi connectivity index (χ0v) is 39.1. The van der Waals surface area contributed by atoms with E-state index in [1.54, 1.807) is 37.9 Å². The lowest BCUT2D eigenvalue weighted by molar-refractivity contribution is 0.0563. The Bertz CT molecular complexity index is 2790. The van der Waals surface area contributed by atoms with Crippen LogP contribution in [0.1, 0.15) is 66.6 Å². The molecule has 0 spiro atoms. The number of aromatic nitrogens is 4. The van der Waals surface area contributed by atoms with Crippen molar-refractivity contribution < 1.29 is 22.7 Å². The van der Waals surface area contributed by atoms with E-state index in [9.17, 15) is 18.0 Å². The van der Waals surface area contributed by atoms with Crippen molar-refractivity contribution in [2.24, 2.45) is 0 Å². The zero-order chi connectivity index (χ0) is 46.2. The van der Waals surface area contributed by atoms with Crippen LogP contribution in [0.4, 0.5) is 15.3 Å². The number of alkyl carbamates (subject to hydrolysis) is 1. The number of urea groups is 1. The normalized spacial score (nSPS) is 11.8. The highest BCUT2D eigenvalue weighted by Crippen LogP contribution is 2.43. The first kappa shape index (κ1) is 46.4. The number of hydrogen-bond acceptors (Lipinski definition) is 11. The average molecular weight is 927 g/mol. The Morgan fingerprint density at radius 2 is 1.37 bits per heavy atom. The number of nitrogens with one attached hydrogen (secondary N) is 4. The van der Waals surface area contributed by atoms with Crippen LogP contribution in [0.3, 0.4) is 0 Å². The predicted octanol–water partition coefficient (Wildman–Crippen LogP) is 10.1. The summed E-state index contributed by atoms with van der Waals surface area (Å²) in [6, 6.07) is 43.6. The fraction of sp³-hybridized carbons (Fsp3) is 0.224. The van der Waals surface area contributed by atoms with Crippen molar-refractivity contribution in [3.8, 4) is 11.1 Å². The Morgan fingerprint density at radius 1 is 0.800 bits per heavy atom. The van der Waals surface area contributed by atoms with E-state index in [4.69, 9.17) is 15.2 Å². The minimum atomic E-state index is -4.31. The van der Waals surface area contributed by atoms with Crippen LogP contribution in [-0.2, 0) is 26.5 Å². The summed E-state index contributed by atoms with van der Waals surface area (Å²) in [5.41, 5.74) is 3.40. The van der Waals surface area contributed by atoms with Crippen molar-refractivity contribution in [1.29, 1.82) is 5.41 Å². The number of rotatable bonds is 15. The SMILES string of the molecule is CSc1sc(C(=N)NC(=O)OC(C)(C)C)cc1S(=O)(=O)c1ccc(C)c(-c2ccccc2)c1NC(=O)NCCCCc1nnn(C(c2ccccc2)(c2ccccc2)c2ccccc2)n1. The molecular weight excluding hydrogens is 877 g/mol. The zero-order valence-electron chi connectivity index (χ0n) is 36.7. The molecule has 7 rings (SSSR count). The van der Waals surface area contributed by atoms with Crippen LogP contribution in [0.5, 0.6) is 0 Å². The van der Waals surface area contributed by atoms with Gasteiger partial charge in [-0.2, -0.15) is 0 Å². The van der Waals surface area contributed by atoms with E-state index in [0.717, 1.165) is 33.6 Å². The quantitative estimate of drug-likeness (QED) is 0.0256. The summed E-state index contributed by atoms with van der Waals surface area (Å²) in [5.74, 6) is 0.258. The van der Waals surface area contributed by atoms with Gasteiger partial charge in [0.1, 0.15) is 11.4 Å². The summed E-state index contributed by atoms with van der Waals surface area (Å²) in [6.07, 6.45) is 2.62. The molecule has 13 nitrogen and oxygen atoms in total. The number of aryl methyl sites for hydroxylation is 2. The van der Waals surface area contributed by atoms with E-state index in [0.29, 0.717) is 40.4 Å². The van der Waals surface area contributed by atoms with E-state index in [1.165, 1.54) is 23.9 Å². The van der Waals surface area contributed by atoms with Gasteiger partial charge in [0.15, 0.2) is 11.4 Å². The minimum Gasteiger partial charge on any atom is -0.444 e. The van der Waals surface area contributed by atoms with Crippen LogP contribution in [-0.4, -0.2) is 65.0 Å². The van der Waals surface area contributed by atoms with E-state index in [-0.39, 0.29) is 32.7 Å². The number of hydrogen-bond donors (Lipinski definition) is 4. The largest absolute Gasteiger partial charge is 0.444 e. The lowest BCUT2D eigenvalue weighted by Crippen LogP contribution is -2.39. The van der Waals surface area contributed by atoms with Crippen LogP contribution in [0, 0.1) is 12.3 Å². The second-order valence-corrected chi connectivity index (χ2v) is 20.1. The highest BCUT2D eigenvalue weighted by Gasteiger charge is 2.41. The fourth-order valence-corrected chi connectivity index (χ4v) is 11.6. The maximum Gasteiger partial charge on any atom is 0.413 e. The molecule has 16 heteroatoms. The molecule has 3 amide bonds. The molecule has 0 fully saturated rings. The highest BCUT2D eigenvalue weighted by atomic mass is 32.2. The Kier molecular flexibility index (Phi) is 14.3. The first-order chi connectivity index (χ1) is 31.2. The number of thiophene rings is 1. The first-order valence-corrected chi connectivity index (χ1v) is 24.5. The third kappa shape index (κ3) is 10.4. The molecule has 0 bridgehead atoms. The minimum absolute atomic E-state index is 0.0499. The number of unbranched alkanes of at least 4 members (excludes halogenated alkanes) is 1. The molecule has 65 heavy (non-hydrogen) atoms. The molecule has 4 N–H and O–H groups in total. The Balaban J connectivity index is 1.09. The molecule has 0 aliphatic carbocycles. The van der Waals surface area contributed by atoms with Crippen LogP contribution in [0.15, 0.2) is 154 Å².